The van der Waals surface area contributed by atoms with Crippen molar-refractivity contribution in [2.45, 2.75) is 6.42 Å². The maximum Gasteiger partial charge on any atom is 0.163 e. The summed E-state index contributed by atoms with van der Waals surface area (Å²) in [5, 5.41) is 1.30. The van der Waals surface area contributed by atoms with Crippen LogP contribution in [-0.2, 0) is 9.59 Å². The van der Waals surface area contributed by atoms with Gasteiger partial charge in [-0.1, -0.05) is 6.58 Å². The van der Waals surface area contributed by atoms with E-state index >= 15 is 0 Å². The molecule has 0 aliphatic rings. The molecule has 0 saturated heterocycles. The molecule has 3 heteroatoms. The van der Waals surface area contributed by atoms with Gasteiger partial charge in [0.25, 0.3) is 0 Å². The molecule has 0 spiro atoms. The average Bonchev–Trinajstić information content (AvgIpc) is 1.88. The minimum Gasteiger partial charge on any atom is -0.294 e. The molecule has 0 atom stereocenters. The maximum absolute atomic E-state index is 10.6. The van der Waals surface area contributed by atoms with E-state index in [1.54, 1.807) is 0 Å². The number of rotatable bonds is 4. The first-order valence-corrected chi connectivity index (χ1v) is 3.21. The Balaban J connectivity index is 3.79. The summed E-state index contributed by atoms with van der Waals surface area (Å²) in [4.78, 5) is 21.1. The molecule has 0 bridgehead atoms. The minimum atomic E-state index is -0.267. The Morgan fingerprint density at radius 2 is 2.00 bits per heavy atom. The maximum atomic E-state index is 10.6. The van der Waals surface area contributed by atoms with Crippen LogP contribution >= 0.6 is 12.6 Å². The second-order valence-electron chi connectivity index (χ2n) is 1.63. The molecule has 0 heterocycles. The van der Waals surface area contributed by atoms with Crippen molar-refractivity contribution in [1.82, 2.24) is 0 Å². The quantitative estimate of drug-likeness (QED) is 0.376. The zero-order valence-electron chi connectivity index (χ0n) is 5.41. The number of carbonyl (C=O) groups is 2. The van der Waals surface area contributed by atoms with Crippen LogP contribution in [0.2, 0.25) is 0 Å². The van der Waals surface area contributed by atoms with Crippen LogP contribution in [0.25, 0.3) is 0 Å². The predicted molar refractivity (Wildman–Crippen MR) is 43.0 cm³/mol. The van der Waals surface area contributed by atoms with Crippen molar-refractivity contribution >= 4 is 24.2 Å². The lowest BCUT2D eigenvalue weighted by Gasteiger charge is -1.86. The monoisotopic (exact) mass is 156 g/mol. The van der Waals surface area contributed by atoms with Gasteiger partial charge in [0.05, 0.1) is 6.42 Å². The van der Waals surface area contributed by atoms with E-state index in [1.165, 1.54) is 11.5 Å². The molecule has 0 aromatic heterocycles. The van der Waals surface area contributed by atoms with E-state index in [0.717, 1.165) is 6.08 Å². The number of hydrogen-bond acceptors (Lipinski definition) is 3. The van der Waals surface area contributed by atoms with Crippen LogP contribution in [0.4, 0.5) is 0 Å². The highest BCUT2D eigenvalue weighted by molar-refractivity contribution is 7.83. The van der Waals surface area contributed by atoms with Crippen molar-refractivity contribution in [3.63, 3.8) is 0 Å². The lowest BCUT2D eigenvalue weighted by molar-refractivity contribution is -0.121. The van der Waals surface area contributed by atoms with Gasteiger partial charge in [0, 0.05) is 0 Å². The van der Waals surface area contributed by atoms with Gasteiger partial charge >= 0.3 is 0 Å². The van der Waals surface area contributed by atoms with Crippen LogP contribution < -0.4 is 0 Å². The summed E-state index contributed by atoms with van der Waals surface area (Å²) in [5.74, 6) is -0.517. The van der Waals surface area contributed by atoms with Crippen molar-refractivity contribution < 1.29 is 9.59 Å². The second kappa shape index (κ2) is 4.99. The Morgan fingerprint density at radius 1 is 1.40 bits per heavy atom. The number of carbonyl (C=O) groups excluding carboxylic acids is 2. The first kappa shape index (κ1) is 9.17. The molecule has 0 aromatic rings. The number of ketones is 2. The molecule has 0 N–H and O–H groups in total. The van der Waals surface area contributed by atoms with Crippen molar-refractivity contribution in [3.05, 3.63) is 24.1 Å². The largest absolute Gasteiger partial charge is 0.294 e. The Labute approximate surface area is 65.0 Å². The molecule has 0 saturated carbocycles. The molecule has 54 valence electrons. The molecule has 10 heavy (non-hydrogen) atoms. The van der Waals surface area contributed by atoms with Crippen LogP contribution in [0.1, 0.15) is 6.42 Å². The first-order chi connectivity index (χ1) is 4.70. The fraction of sp³-hybridized carbons (Fsp3) is 0.143. The zero-order chi connectivity index (χ0) is 7.98. The van der Waals surface area contributed by atoms with E-state index in [4.69, 9.17) is 0 Å². The van der Waals surface area contributed by atoms with Crippen LogP contribution in [0, 0.1) is 0 Å². The van der Waals surface area contributed by atoms with E-state index in [1.807, 2.05) is 0 Å². The van der Waals surface area contributed by atoms with Crippen molar-refractivity contribution in [2.75, 3.05) is 0 Å². The lowest BCUT2D eigenvalue weighted by atomic mass is 10.2. The van der Waals surface area contributed by atoms with Crippen LogP contribution in [-0.4, -0.2) is 11.6 Å². The summed E-state index contributed by atoms with van der Waals surface area (Å²) in [6, 6.07) is 0. The van der Waals surface area contributed by atoms with Gasteiger partial charge in [0.2, 0.25) is 0 Å². The van der Waals surface area contributed by atoms with Gasteiger partial charge < -0.3 is 0 Å². The smallest absolute Gasteiger partial charge is 0.163 e. The van der Waals surface area contributed by atoms with E-state index in [0.29, 0.717) is 0 Å². The van der Waals surface area contributed by atoms with Gasteiger partial charge in [-0.2, -0.15) is 12.6 Å². The van der Waals surface area contributed by atoms with Gasteiger partial charge in [-0.25, -0.2) is 0 Å². The first-order valence-electron chi connectivity index (χ1n) is 2.69. The molecule has 0 aliphatic heterocycles. The lowest BCUT2D eigenvalue weighted by Crippen LogP contribution is -2.00. The normalized spacial score (nSPS) is 9.70. The Hall–Kier alpha value is -0.830. The van der Waals surface area contributed by atoms with Crippen LogP contribution in [0.15, 0.2) is 24.1 Å². The predicted octanol–water partition coefficient (Wildman–Crippen LogP) is 1.14. The molecule has 0 aromatic carbocycles. The molecular formula is C7H8O2S. The summed E-state index contributed by atoms with van der Waals surface area (Å²) < 4.78 is 0. The van der Waals surface area contributed by atoms with Crippen LogP contribution in [0.5, 0.6) is 0 Å². The fourth-order valence-corrected chi connectivity index (χ4v) is 0.552. The van der Waals surface area contributed by atoms with Crippen molar-refractivity contribution in [1.29, 1.82) is 0 Å². The molecule has 0 fully saturated rings. The van der Waals surface area contributed by atoms with Gasteiger partial charge in [-0.15, -0.1) is 0 Å². The highest BCUT2D eigenvalue weighted by atomic mass is 32.1. The van der Waals surface area contributed by atoms with Gasteiger partial charge in [-0.05, 0) is 17.6 Å². The number of allylic oxidation sites excluding steroid dienone is 2. The van der Waals surface area contributed by atoms with E-state index in [9.17, 15) is 9.59 Å². The second-order valence-corrected chi connectivity index (χ2v) is 1.93. The molecular weight excluding hydrogens is 148 g/mol. The molecule has 0 rings (SSSR count). The summed E-state index contributed by atoms with van der Waals surface area (Å²) in [6.45, 7) is 3.23. The van der Waals surface area contributed by atoms with E-state index in [2.05, 4.69) is 19.2 Å². The number of thiol groups is 1. The molecule has 0 radical (unpaired) electrons. The van der Waals surface area contributed by atoms with E-state index < -0.39 is 0 Å². The summed E-state index contributed by atoms with van der Waals surface area (Å²) >= 11 is 3.67. The number of hydrogen-bond donors (Lipinski definition) is 1. The Kier molecular flexibility index (Phi) is 4.58. The highest BCUT2D eigenvalue weighted by Crippen LogP contribution is 1.89. The van der Waals surface area contributed by atoms with Crippen LogP contribution in [0.3, 0.4) is 0 Å². The Morgan fingerprint density at radius 3 is 2.40 bits per heavy atom. The fourth-order valence-electron chi connectivity index (χ4n) is 0.386. The Bertz CT molecular complexity index is 182. The third-order valence-electron chi connectivity index (χ3n) is 0.837. The zero-order valence-corrected chi connectivity index (χ0v) is 6.30. The van der Waals surface area contributed by atoms with Gasteiger partial charge in [0.15, 0.2) is 11.6 Å². The van der Waals surface area contributed by atoms with Gasteiger partial charge in [-0.3, -0.25) is 9.59 Å². The molecule has 0 amide bonds. The summed E-state index contributed by atoms with van der Waals surface area (Å²) in [6.07, 6.45) is 2.26. The van der Waals surface area contributed by atoms with Crippen molar-refractivity contribution in [3.8, 4) is 0 Å². The molecule has 0 aliphatic carbocycles. The van der Waals surface area contributed by atoms with Crippen molar-refractivity contribution in [2.24, 2.45) is 0 Å². The van der Waals surface area contributed by atoms with Gasteiger partial charge in [0.1, 0.15) is 0 Å². The topological polar surface area (TPSA) is 34.1 Å². The molecule has 2 nitrogen and oxygen atoms in total. The minimum absolute atomic E-state index is 0.111. The summed E-state index contributed by atoms with van der Waals surface area (Å²) in [5.41, 5.74) is 0. The molecule has 0 unspecified atom stereocenters. The standard InChI is InChI=1S/C7H8O2S/c1-2-6(8)5-7(9)3-4-10/h2-4,10H,1,5H2/b4-3+. The third kappa shape index (κ3) is 4.09. The summed E-state index contributed by atoms with van der Waals surface area (Å²) in [7, 11) is 0. The third-order valence-corrected chi connectivity index (χ3v) is 0.986. The average molecular weight is 156 g/mol. The highest BCUT2D eigenvalue weighted by Gasteiger charge is 2.00. The van der Waals surface area contributed by atoms with E-state index in [-0.39, 0.29) is 18.0 Å². The SMILES string of the molecule is C=CC(=O)CC(=O)/C=C/S.